The number of nitrogen functional groups attached to an aromatic ring is 1. The normalized spacial score (nSPS) is 20.6. The number of fused-ring (bicyclic) bond motifs is 1. The molecule has 1 aromatic carbocycles. The van der Waals surface area contributed by atoms with Gasteiger partial charge in [0.2, 0.25) is 5.91 Å². The second kappa shape index (κ2) is 5.45. The lowest BCUT2D eigenvalue weighted by Gasteiger charge is -2.18. The van der Waals surface area contributed by atoms with Gasteiger partial charge in [0.1, 0.15) is 11.9 Å². The van der Waals surface area contributed by atoms with E-state index in [4.69, 9.17) is 5.73 Å². The second-order valence-electron chi connectivity index (χ2n) is 6.38. The average molecular weight is 326 g/mol. The molecule has 1 atom stereocenters. The zero-order valence-corrected chi connectivity index (χ0v) is 13.0. The van der Waals surface area contributed by atoms with Crippen molar-refractivity contribution in [3.8, 4) is 0 Å². The first kappa shape index (κ1) is 14.9. The Morgan fingerprint density at radius 3 is 2.75 bits per heavy atom. The highest BCUT2D eigenvalue weighted by molar-refractivity contribution is 6.04. The molecule has 1 aliphatic heterocycles. The van der Waals surface area contributed by atoms with Crippen LogP contribution in [0.3, 0.4) is 0 Å². The van der Waals surface area contributed by atoms with Gasteiger partial charge in [0, 0.05) is 41.8 Å². The van der Waals surface area contributed by atoms with E-state index in [2.05, 4.69) is 10.3 Å². The van der Waals surface area contributed by atoms with Crippen LogP contribution in [0, 0.1) is 5.92 Å². The molecule has 7 heteroatoms. The smallest absolute Gasteiger partial charge is 0.255 e. The van der Waals surface area contributed by atoms with Gasteiger partial charge in [0.15, 0.2) is 0 Å². The highest BCUT2D eigenvalue weighted by Gasteiger charge is 2.31. The number of aliphatic hydroxyl groups is 1. The number of pyridine rings is 1. The summed E-state index contributed by atoms with van der Waals surface area (Å²) in [6, 6.07) is 5.30. The number of carbonyl (C=O) groups is 2. The predicted octanol–water partition coefficient (Wildman–Crippen LogP) is 1.26. The summed E-state index contributed by atoms with van der Waals surface area (Å²) in [4.78, 5) is 29.7. The first-order chi connectivity index (χ1) is 11.5. The molecule has 124 valence electrons. The summed E-state index contributed by atoms with van der Waals surface area (Å²) in [7, 11) is 0. The SMILES string of the molecule is Nc1cc(N2CCC(O)C2=O)cc2cc(NC(=O)C3CC3)ncc12. The van der Waals surface area contributed by atoms with E-state index in [1.165, 1.54) is 4.90 Å². The summed E-state index contributed by atoms with van der Waals surface area (Å²) in [5, 5.41) is 14.0. The number of aromatic nitrogens is 1. The van der Waals surface area contributed by atoms with Crippen molar-refractivity contribution in [2.24, 2.45) is 5.92 Å². The molecule has 1 unspecified atom stereocenters. The summed E-state index contributed by atoms with van der Waals surface area (Å²) in [5.74, 6) is 0.250. The maximum absolute atomic E-state index is 12.0. The van der Waals surface area contributed by atoms with Gasteiger partial charge in [-0.05, 0) is 36.4 Å². The average Bonchev–Trinajstić information content (AvgIpc) is 3.34. The van der Waals surface area contributed by atoms with Gasteiger partial charge < -0.3 is 21.1 Å². The fourth-order valence-corrected chi connectivity index (χ4v) is 2.99. The monoisotopic (exact) mass is 326 g/mol. The quantitative estimate of drug-likeness (QED) is 0.736. The maximum atomic E-state index is 12.0. The molecule has 1 saturated carbocycles. The largest absolute Gasteiger partial charge is 0.398 e. The summed E-state index contributed by atoms with van der Waals surface area (Å²) in [6.07, 6.45) is 2.94. The number of hydrogen-bond donors (Lipinski definition) is 3. The number of benzene rings is 1. The standard InChI is InChI=1S/C17H18N4O3/c18-13-7-11(21-4-3-14(22)17(21)24)5-10-6-15(19-8-12(10)13)20-16(23)9-1-2-9/h5-9,14,22H,1-4,18H2,(H,19,20,23). The predicted molar refractivity (Wildman–Crippen MR) is 90.5 cm³/mol. The highest BCUT2D eigenvalue weighted by atomic mass is 16.3. The summed E-state index contributed by atoms with van der Waals surface area (Å²) < 4.78 is 0. The van der Waals surface area contributed by atoms with Crippen LogP contribution in [0.5, 0.6) is 0 Å². The molecule has 4 rings (SSSR count). The Balaban J connectivity index is 1.69. The number of nitrogens with two attached hydrogens (primary N) is 1. The van der Waals surface area contributed by atoms with Gasteiger partial charge in [-0.15, -0.1) is 0 Å². The number of carbonyl (C=O) groups excluding carboxylic acids is 2. The fourth-order valence-electron chi connectivity index (χ4n) is 2.99. The maximum Gasteiger partial charge on any atom is 0.255 e. The third-order valence-electron chi connectivity index (χ3n) is 4.54. The van der Waals surface area contributed by atoms with Crippen LogP contribution in [0.2, 0.25) is 0 Å². The lowest BCUT2D eigenvalue weighted by atomic mass is 10.1. The van der Waals surface area contributed by atoms with E-state index in [0.29, 0.717) is 30.2 Å². The molecule has 2 fully saturated rings. The van der Waals surface area contributed by atoms with Crippen molar-refractivity contribution < 1.29 is 14.7 Å². The van der Waals surface area contributed by atoms with Crippen molar-refractivity contribution >= 4 is 39.8 Å². The third-order valence-corrected chi connectivity index (χ3v) is 4.54. The van der Waals surface area contributed by atoms with Crippen molar-refractivity contribution in [1.82, 2.24) is 4.98 Å². The Morgan fingerprint density at radius 2 is 2.08 bits per heavy atom. The van der Waals surface area contributed by atoms with Crippen LogP contribution in [0.4, 0.5) is 17.2 Å². The fraction of sp³-hybridized carbons (Fsp3) is 0.353. The van der Waals surface area contributed by atoms with Crippen LogP contribution in [-0.4, -0.2) is 34.6 Å². The number of aliphatic hydroxyl groups excluding tert-OH is 1. The minimum atomic E-state index is -0.951. The molecule has 7 nitrogen and oxygen atoms in total. The van der Waals surface area contributed by atoms with E-state index < -0.39 is 6.10 Å². The zero-order chi connectivity index (χ0) is 16.8. The molecule has 2 aliphatic rings. The second-order valence-corrected chi connectivity index (χ2v) is 6.38. The number of amides is 2. The van der Waals surface area contributed by atoms with Gasteiger partial charge in [-0.3, -0.25) is 9.59 Å². The Labute approximate surface area is 138 Å². The Hall–Kier alpha value is -2.67. The van der Waals surface area contributed by atoms with E-state index in [0.717, 1.165) is 23.6 Å². The minimum absolute atomic E-state index is 0.0104. The van der Waals surface area contributed by atoms with Gasteiger partial charge in [-0.25, -0.2) is 4.98 Å². The molecule has 2 aromatic rings. The minimum Gasteiger partial charge on any atom is -0.398 e. The Kier molecular flexibility index (Phi) is 3.38. The van der Waals surface area contributed by atoms with E-state index in [-0.39, 0.29) is 17.7 Å². The zero-order valence-electron chi connectivity index (χ0n) is 13.0. The van der Waals surface area contributed by atoms with Gasteiger partial charge in [-0.2, -0.15) is 0 Å². The van der Waals surface area contributed by atoms with E-state index in [9.17, 15) is 14.7 Å². The molecular weight excluding hydrogens is 308 g/mol. The molecule has 24 heavy (non-hydrogen) atoms. The van der Waals surface area contributed by atoms with E-state index in [1.54, 1.807) is 18.3 Å². The van der Waals surface area contributed by atoms with Crippen molar-refractivity contribution in [3.63, 3.8) is 0 Å². The lowest BCUT2D eigenvalue weighted by Crippen LogP contribution is -2.29. The van der Waals surface area contributed by atoms with Crippen LogP contribution in [0.25, 0.3) is 10.8 Å². The van der Waals surface area contributed by atoms with Gasteiger partial charge in [-0.1, -0.05) is 0 Å². The third kappa shape index (κ3) is 2.56. The lowest BCUT2D eigenvalue weighted by molar-refractivity contribution is -0.124. The first-order valence-corrected chi connectivity index (χ1v) is 8.02. The molecule has 1 saturated heterocycles. The van der Waals surface area contributed by atoms with Crippen molar-refractivity contribution in [3.05, 3.63) is 24.4 Å². The highest BCUT2D eigenvalue weighted by Crippen LogP contribution is 2.33. The van der Waals surface area contributed by atoms with Crippen molar-refractivity contribution in [1.29, 1.82) is 0 Å². The summed E-state index contributed by atoms with van der Waals surface area (Å²) in [6.45, 7) is 0.460. The van der Waals surface area contributed by atoms with Crippen molar-refractivity contribution in [2.75, 3.05) is 22.5 Å². The van der Waals surface area contributed by atoms with Gasteiger partial charge in [0.05, 0.1) is 0 Å². The van der Waals surface area contributed by atoms with Gasteiger partial charge >= 0.3 is 0 Å². The van der Waals surface area contributed by atoms with Crippen LogP contribution in [0.15, 0.2) is 24.4 Å². The van der Waals surface area contributed by atoms with E-state index in [1.807, 2.05) is 6.07 Å². The molecule has 2 heterocycles. The van der Waals surface area contributed by atoms with Crippen LogP contribution < -0.4 is 16.0 Å². The van der Waals surface area contributed by atoms with Crippen molar-refractivity contribution in [2.45, 2.75) is 25.4 Å². The molecule has 0 radical (unpaired) electrons. The summed E-state index contributed by atoms with van der Waals surface area (Å²) >= 11 is 0. The van der Waals surface area contributed by atoms with Gasteiger partial charge in [0.25, 0.3) is 5.91 Å². The molecular formula is C17H18N4O3. The topological polar surface area (TPSA) is 109 Å². The van der Waals surface area contributed by atoms with Crippen LogP contribution >= 0.6 is 0 Å². The van der Waals surface area contributed by atoms with Crippen LogP contribution in [0.1, 0.15) is 19.3 Å². The molecule has 0 bridgehead atoms. The summed E-state index contributed by atoms with van der Waals surface area (Å²) in [5.41, 5.74) is 7.24. The molecule has 4 N–H and O–H groups in total. The molecule has 1 aromatic heterocycles. The number of rotatable bonds is 3. The van der Waals surface area contributed by atoms with Crippen LogP contribution in [-0.2, 0) is 9.59 Å². The first-order valence-electron chi connectivity index (χ1n) is 8.02. The molecule has 2 amide bonds. The van der Waals surface area contributed by atoms with E-state index >= 15 is 0 Å². The number of nitrogens with one attached hydrogen (secondary N) is 1. The Morgan fingerprint density at radius 1 is 1.29 bits per heavy atom. The molecule has 0 spiro atoms. The Bertz CT molecular complexity index is 847. The number of anilines is 3. The number of hydrogen-bond acceptors (Lipinski definition) is 5. The molecule has 1 aliphatic carbocycles. The number of nitrogens with zero attached hydrogens (tertiary/aromatic N) is 2.